The Morgan fingerprint density at radius 3 is 2.25 bits per heavy atom. The maximum Gasteiger partial charge on any atom is 0.325 e. The molecule has 1 unspecified atom stereocenters. The van der Waals surface area contributed by atoms with E-state index in [-0.39, 0.29) is 11.6 Å². The van der Waals surface area contributed by atoms with Gasteiger partial charge in [0.05, 0.1) is 12.2 Å². The van der Waals surface area contributed by atoms with Crippen molar-refractivity contribution in [2.45, 2.75) is 58.6 Å². The minimum atomic E-state index is -0.959. The number of carbonyl (C=O) groups is 1. The van der Waals surface area contributed by atoms with Gasteiger partial charge in [0.25, 0.3) is 0 Å². The largest absolute Gasteiger partial charge is 0.465 e. The molecule has 1 atom stereocenters. The number of hydrogen-bond acceptors (Lipinski definition) is 4. The van der Waals surface area contributed by atoms with Crippen molar-refractivity contribution in [3.05, 3.63) is 0 Å². The Bertz CT molecular complexity index is 224. The predicted octanol–water partition coefficient (Wildman–Crippen LogP) is 1.86. The van der Waals surface area contributed by atoms with E-state index in [0.29, 0.717) is 19.6 Å². The molecule has 0 aromatic rings. The van der Waals surface area contributed by atoms with Crippen LogP contribution in [-0.4, -0.2) is 30.3 Å². The fraction of sp³-hybridized carbons (Fsp3) is 0.917. The Labute approximate surface area is 98.5 Å². The molecule has 0 saturated carbocycles. The third-order valence-corrected chi connectivity index (χ3v) is 2.71. The molecule has 0 aliphatic carbocycles. The monoisotopic (exact) mass is 231 g/mol. The van der Waals surface area contributed by atoms with E-state index in [1.54, 1.807) is 13.8 Å². The highest BCUT2D eigenvalue weighted by Gasteiger charge is 2.30. The molecule has 0 aliphatic rings. The summed E-state index contributed by atoms with van der Waals surface area (Å²) in [5.41, 5.74) is 4.74. The lowest BCUT2D eigenvalue weighted by Crippen LogP contribution is -2.47. The van der Waals surface area contributed by atoms with Crippen LogP contribution in [0.2, 0.25) is 0 Å². The molecule has 0 aromatic carbocycles. The van der Waals surface area contributed by atoms with Crippen molar-refractivity contribution in [3.8, 4) is 0 Å². The molecule has 0 spiro atoms. The molecular weight excluding hydrogens is 206 g/mol. The van der Waals surface area contributed by atoms with Gasteiger partial charge in [-0.25, -0.2) is 0 Å². The van der Waals surface area contributed by atoms with Gasteiger partial charge in [0.1, 0.15) is 5.54 Å². The minimum absolute atomic E-state index is 0.162. The van der Waals surface area contributed by atoms with Gasteiger partial charge in [-0.3, -0.25) is 4.79 Å². The third-order valence-electron chi connectivity index (χ3n) is 2.71. The molecule has 4 nitrogen and oxygen atoms in total. The predicted molar refractivity (Wildman–Crippen MR) is 64.2 cm³/mol. The minimum Gasteiger partial charge on any atom is -0.465 e. The average Bonchev–Trinajstić information content (AvgIpc) is 2.17. The first-order valence-corrected chi connectivity index (χ1v) is 5.85. The molecule has 4 heteroatoms. The molecule has 0 radical (unpaired) electrons. The average molecular weight is 231 g/mol. The van der Waals surface area contributed by atoms with Crippen LogP contribution in [0, 0.1) is 0 Å². The van der Waals surface area contributed by atoms with Crippen LogP contribution >= 0.6 is 0 Å². The first-order valence-electron chi connectivity index (χ1n) is 5.85. The van der Waals surface area contributed by atoms with Crippen molar-refractivity contribution in [3.63, 3.8) is 0 Å². The van der Waals surface area contributed by atoms with Gasteiger partial charge in [0.15, 0.2) is 0 Å². The Kier molecular flexibility index (Phi) is 5.97. The highest BCUT2D eigenvalue weighted by Crippen LogP contribution is 2.16. The van der Waals surface area contributed by atoms with Crippen molar-refractivity contribution < 1.29 is 14.3 Å². The molecule has 96 valence electrons. The van der Waals surface area contributed by atoms with Gasteiger partial charge < -0.3 is 15.2 Å². The van der Waals surface area contributed by atoms with E-state index in [1.807, 2.05) is 13.8 Å². The van der Waals surface area contributed by atoms with Gasteiger partial charge in [-0.2, -0.15) is 0 Å². The summed E-state index contributed by atoms with van der Waals surface area (Å²) in [7, 11) is 0. The Morgan fingerprint density at radius 2 is 1.81 bits per heavy atom. The summed E-state index contributed by atoms with van der Waals surface area (Å²) in [6, 6.07) is 0. The zero-order valence-corrected chi connectivity index (χ0v) is 11.1. The number of nitrogens with two attached hydrogens (primary N) is 1. The molecule has 0 heterocycles. The summed E-state index contributed by atoms with van der Waals surface area (Å²) >= 11 is 0. The van der Waals surface area contributed by atoms with E-state index in [9.17, 15) is 4.79 Å². The van der Waals surface area contributed by atoms with Gasteiger partial charge in [0.2, 0.25) is 0 Å². The molecule has 0 amide bonds. The molecule has 0 fully saturated rings. The summed E-state index contributed by atoms with van der Waals surface area (Å²) in [5.74, 6) is -0.368. The summed E-state index contributed by atoms with van der Waals surface area (Å²) in [5, 5.41) is 0. The molecule has 0 aliphatic heterocycles. The van der Waals surface area contributed by atoms with Crippen LogP contribution in [0.5, 0.6) is 0 Å². The van der Waals surface area contributed by atoms with E-state index in [4.69, 9.17) is 15.2 Å². The first-order chi connectivity index (χ1) is 7.25. The summed E-state index contributed by atoms with van der Waals surface area (Å²) in [6.45, 7) is 10.4. The topological polar surface area (TPSA) is 61.5 Å². The lowest BCUT2D eigenvalue weighted by atomic mass is 10.00. The molecule has 0 bridgehead atoms. The quantitative estimate of drug-likeness (QED) is 0.679. The SMILES string of the molecule is CCOC(=O)C(C)(N)CCOC(C)(C)CC. The van der Waals surface area contributed by atoms with Gasteiger partial charge in [-0.1, -0.05) is 6.92 Å². The van der Waals surface area contributed by atoms with Gasteiger partial charge in [-0.05, 0) is 40.5 Å². The van der Waals surface area contributed by atoms with Crippen LogP contribution in [-0.2, 0) is 14.3 Å². The highest BCUT2D eigenvalue weighted by atomic mass is 16.5. The summed E-state index contributed by atoms with van der Waals surface area (Å²) in [4.78, 5) is 11.5. The van der Waals surface area contributed by atoms with E-state index in [1.165, 1.54) is 0 Å². The number of carbonyl (C=O) groups excluding carboxylic acids is 1. The zero-order chi connectivity index (χ0) is 12.8. The van der Waals surface area contributed by atoms with Crippen molar-refractivity contribution in [1.82, 2.24) is 0 Å². The second kappa shape index (κ2) is 6.21. The van der Waals surface area contributed by atoms with Crippen molar-refractivity contribution >= 4 is 5.97 Å². The molecule has 2 N–H and O–H groups in total. The lowest BCUT2D eigenvalue weighted by molar-refractivity contribution is -0.150. The van der Waals surface area contributed by atoms with Crippen molar-refractivity contribution in [2.75, 3.05) is 13.2 Å². The van der Waals surface area contributed by atoms with Gasteiger partial charge in [-0.15, -0.1) is 0 Å². The molecular formula is C12H25NO3. The highest BCUT2D eigenvalue weighted by molar-refractivity contribution is 5.79. The Morgan fingerprint density at radius 1 is 1.25 bits per heavy atom. The second-order valence-electron chi connectivity index (χ2n) is 4.85. The maximum atomic E-state index is 11.5. The lowest BCUT2D eigenvalue weighted by Gasteiger charge is -2.27. The molecule has 16 heavy (non-hydrogen) atoms. The van der Waals surface area contributed by atoms with E-state index in [2.05, 4.69) is 6.92 Å². The van der Waals surface area contributed by atoms with Crippen LogP contribution in [0.4, 0.5) is 0 Å². The van der Waals surface area contributed by atoms with Crippen LogP contribution in [0.25, 0.3) is 0 Å². The maximum absolute atomic E-state index is 11.5. The van der Waals surface area contributed by atoms with Crippen LogP contribution in [0.3, 0.4) is 0 Å². The van der Waals surface area contributed by atoms with E-state index >= 15 is 0 Å². The van der Waals surface area contributed by atoms with Crippen molar-refractivity contribution in [2.24, 2.45) is 5.73 Å². The standard InChI is InChI=1S/C12H25NO3/c1-6-11(3,4)16-9-8-12(5,13)10(14)15-7-2/h6-9,13H2,1-5H3. The van der Waals surface area contributed by atoms with Gasteiger partial charge >= 0.3 is 5.97 Å². The number of ether oxygens (including phenoxy) is 2. The molecule has 0 saturated heterocycles. The summed E-state index contributed by atoms with van der Waals surface area (Å²) in [6.07, 6.45) is 1.39. The fourth-order valence-corrected chi connectivity index (χ4v) is 1.04. The normalized spacial score (nSPS) is 15.6. The number of rotatable bonds is 7. The second-order valence-corrected chi connectivity index (χ2v) is 4.85. The zero-order valence-electron chi connectivity index (χ0n) is 11.1. The summed E-state index contributed by atoms with van der Waals surface area (Å²) < 4.78 is 10.6. The smallest absolute Gasteiger partial charge is 0.325 e. The third kappa shape index (κ3) is 5.47. The Hall–Kier alpha value is -0.610. The molecule has 0 aromatic heterocycles. The number of hydrogen-bond donors (Lipinski definition) is 1. The van der Waals surface area contributed by atoms with Crippen LogP contribution < -0.4 is 5.73 Å². The van der Waals surface area contributed by atoms with Gasteiger partial charge in [0, 0.05) is 6.61 Å². The van der Waals surface area contributed by atoms with Crippen LogP contribution in [0.1, 0.15) is 47.5 Å². The first kappa shape index (κ1) is 15.4. The van der Waals surface area contributed by atoms with Crippen LogP contribution in [0.15, 0.2) is 0 Å². The van der Waals surface area contributed by atoms with E-state index < -0.39 is 5.54 Å². The molecule has 0 rings (SSSR count). The Balaban J connectivity index is 4.04. The van der Waals surface area contributed by atoms with Crippen molar-refractivity contribution in [1.29, 1.82) is 0 Å². The number of esters is 1. The van der Waals surface area contributed by atoms with E-state index in [0.717, 1.165) is 6.42 Å². The fourth-order valence-electron chi connectivity index (χ4n) is 1.04.